The third-order valence-corrected chi connectivity index (χ3v) is 7.79. The lowest BCUT2D eigenvalue weighted by atomic mass is 9.93. The number of carbonyl (C=O) groups excluding carboxylic acids is 2. The van der Waals surface area contributed by atoms with Crippen LogP contribution < -0.4 is 4.90 Å². The van der Waals surface area contributed by atoms with E-state index in [0.29, 0.717) is 22.3 Å². The molecule has 0 bridgehead atoms. The maximum absolute atomic E-state index is 12.7. The third kappa shape index (κ3) is 5.20. The second kappa shape index (κ2) is 10.6. The lowest BCUT2D eigenvalue weighted by molar-refractivity contribution is -0.131. The molecule has 0 saturated heterocycles. The fourth-order valence-electron chi connectivity index (χ4n) is 4.46. The Morgan fingerprint density at radius 3 is 2.61 bits per heavy atom. The first-order chi connectivity index (χ1) is 17.0. The van der Waals surface area contributed by atoms with Gasteiger partial charge >= 0.3 is 5.24 Å². The van der Waals surface area contributed by atoms with Crippen molar-refractivity contribution in [2.45, 2.75) is 52.2 Å². The topological polar surface area (TPSA) is 65.3 Å². The van der Waals surface area contributed by atoms with Crippen LogP contribution in [0, 0.1) is 5.92 Å². The molecule has 2 aliphatic heterocycles. The molecule has 2 aliphatic rings. The van der Waals surface area contributed by atoms with Crippen LogP contribution in [-0.4, -0.2) is 45.5 Å². The second-order valence-corrected chi connectivity index (χ2v) is 12.1. The highest BCUT2D eigenvalue weighted by Gasteiger charge is 2.40. The first-order valence-corrected chi connectivity index (χ1v) is 13.7. The maximum atomic E-state index is 12.7. The van der Waals surface area contributed by atoms with Gasteiger partial charge in [-0.3, -0.25) is 14.6 Å². The summed E-state index contributed by atoms with van der Waals surface area (Å²) >= 11 is 13.8. The summed E-state index contributed by atoms with van der Waals surface area (Å²) in [5, 5.41) is 6.40. The van der Waals surface area contributed by atoms with Gasteiger partial charge in [-0.25, -0.2) is 0 Å². The molecule has 4 rings (SSSR count). The average molecular weight is 546 g/mol. The van der Waals surface area contributed by atoms with E-state index in [9.17, 15) is 9.59 Å². The van der Waals surface area contributed by atoms with Gasteiger partial charge in [-0.2, -0.15) is 10.1 Å². The molecule has 0 aromatic heterocycles. The van der Waals surface area contributed by atoms with E-state index in [2.05, 4.69) is 22.1 Å². The SMILES string of the molecule is CC/N=C(/c1ccc(Cl)cc1Cl)N1CCCc2cc(C3=NN(C(=O)C(C)C)C(=O)SC3(C)C)ccc21. The van der Waals surface area contributed by atoms with E-state index in [1.54, 1.807) is 19.9 Å². The summed E-state index contributed by atoms with van der Waals surface area (Å²) in [7, 11) is 0. The first kappa shape index (κ1) is 26.7. The number of amides is 2. The van der Waals surface area contributed by atoms with Crippen LogP contribution in [0.3, 0.4) is 0 Å². The highest BCUT2D eigenvalue weighted by Crippen LogP contribution is 2.38. The van der Waals surface area contributed by atoms with Gasteiger partial charge in [-0.15, -0.1) is 0 Å². The van der Waals surface area contributed by atoms with Crippen LogP contribution in [0.15, 0.2) is 46.5 Å². The van der Waals surface area contributed by atoms with E-state index in [4.69, 9.17) is 28.2 Å². The number of benzene rings is 2. The maximum Gasteiger partial charge on any atom is 0.310 e. The molecule has 0 N–H and O–H groups in total. The van der Waals surface area contributed by atoms with E-state index in [0.717, 1.165) is 64.4 Å². The third-order valence-electron chi connectivity index (χ3n) is 6.20. The van der Waals surface area contributed by atoms with Gasteiger partial charge in [0.2, 0.25) is 0 Å². The van der Waals surface area contributed by atoms with E-state index < -0.39 is 4.75 Å². The number of nitrogens with zero attached hydrogens (tertiary/aromatic N) is 4. The summed E-state index contributed by atoms with van der Waals surface area (Å²) < 4.78 is -0.570. The standard InChI is InChI=1S/C27H30Cl2N4O2S/c1-6-30-24(20-11-10-19(28)15-21(20)29)32-13-7-8-17-14-18(9-12-22(17)32)23-27(4,5)36-26(35)33(31-23)25(34)16(2)3/h9-12,14-16H,6-8,13H2,1-5H3/b30-24-. The summed E-state index contributed by atoms with van der Waals surface area (Å²) in [4.78, 5) is 32.3. The van der Waals surface area contributed by atoms with Crippen molar-refractivity contribution in [1.29, 1.82) is 0 Å². The van der Waals surface area contributed by atoms with Crippen molar-refractivity contribution < 1.29 is 9.59 Å². The van der Waals surface area contributed by atoms with Crippen molar-refractivity contribution in [3.8, 4) is 0 Å². The highest BCUT2D eigenvalue weighted by molar-refractivity contribution is 8.15. The predicted octanol–water partition coefficient (Wildman–Crippen LogP) is 7.05. The van der Waals surface area contributed by atoms with Gasteiger partial charge in [0.05, 0.1) is 15.5 Å². The molecule has 2 amide bonds. The normalized spacial score (nSPS) is 17.8. The second-order valence-electron chi connectivity index (χ2n) is 9.65. The van der Waals surface area contributed by atoms with Crippen LogP contribution in [0.5, 0.6) is 0 Å². The summed E-state index contributed by atoms with van der Waals surface area (Å²) in [6.07, 6.45) is 1.85. The Balaban J connectivity index is 1.76. The quantitative estimate of drug-likeness (QED) is 0.305. The minimum absolute atomic E-state index is 0.301. The lowest BCUT2D eigenvalue weighted by Crippen LogP contribution is -2.44. The number of hydrazone groups is 1. The molecule has 0 unspecified atom stereocenters. The molecular formula is C27H30Cl2N4O2S. The van der Waals surface area contributed by atoms with Gasteiger partial charge in [-0.1, -0.05) is 43.1 Å². The molecule has 9 heteroatoms. The number of aliphatic imine (C=N–C) groups is 1. The molecule has 0 fully saturated rings. The smallest absolute Gasteiger partial charge is 0.310 e. The lowest BCUT2D eigenvalue weighted by Gasteiger charge is -2.35. The number of imide groups is 1. The molecule has 2 aromatic carbocycles. The van der Waals surface area contributed by atoms with Gasteiger partial charge in [0, 0.05) is 35.3 Å². The molecule has 36 heavy (non-hydrogen) atoms. The summed E-state index contributed by atoms with van der Waals surface area (Å²) in [6.45, 7) is 10.9. The van der Waals surface area contributed by atoms with Gasteiger partial charge in [0.15, 0.2) is 0 Å². The molecule has 190 valence electrons. The monoisotopic (exact) mass is 544 g/mol. The number of carbonyl (C=O) groups is 2. The number of amidine groups is 1. The van der Waals surface area contributed by atoms with Gasteiger partial charge in [-0.05, 0) is 86.8 Å². The van der Waals surface area contributed by atoms with E-state index in [1.807, 2.05) is 39.0 Å². The summed E-state index contributed by atoms with van der Waals surface area (Å²) in [5.41, 5.74) is 4.69. The van der Waals surface area contributed by atoms with Crippen molar-refractivity contribution in [1.82, 2.24) is 5.01 Å². The van der Waals surface area contributed by atoms with Crippen LogP contribution in [0.4, 0.5) is 10.5 Å². The molecule has 0 radical (unpaired) electrons. The molecular weight excluding hydrogens is 515 g/mol. The van der Waals surface area contributed by atoms with Crippen molar-refractivity contribution in [3.05, 3.63) is 63.1 Å². The summed E-state index contributed by atoms with van der Waals surface area (Å²) in [5.74, 6) is 0.191. The Morgan fingerprint density at radius 2 is 1.94 bits per heavy atom. The van der Waals surface area contributed by atoms with Gasteiger partial charge < -0.3 is 4.90 Å². The Bertz CT molecular complexity index is 1270. The summed E-state index contributed by atoms with van der Waals surface area (Å²) in [6, 6.07) is 11.7. The van der Waals surface area contributed by atoms with E-state index in [-0.39, 0.29) is 17.1 Å². The Kier molecular flexibility index (Phi) is 7.83. The van der Waals surface area contributed by atoms with Gasteiger partial charge in [0.1, 0.15) is 5.84 Å². The Labute approximate surface area is 226 Å². The molecule has 0 aliphatic carbocycles. The zero-order valence-corrected chi connectivity index (χ0v) is 23.5. The fraction of sp³-hybridized carbons (Fsp3) is 0.407. The molecule has 2 aromatic rings. The number of anilines is 1. The van der Waals surface area contributed by atoms with Crippen molar-refractivity contribution >= 4 is 63.3 Å². The van der Waals surface area contributed by atoms with E-state index in [1.165, 1.54) is 0 Å². The molecule has 0 saturated carbocycles. The molecule has 2 heterocycles. The number of fused-ring (bicyclic) bond motifs is 1. The van der Waals surface area contributed by atoms with E-state index >= 15 is 0 Å². The van der Waals surface area contributed by atoms with Gasteiger partial charge in [0.25, 0.3) is 5.91 Å². The molecule has 0 atom stereocenters. The molecule has 0 spiro atoms. The highest BCUT2D eigenvalue weighted by atomic mass is 35.5. The minimum atomic E-state index is -0.570. The average Bonchev–Trinajstić information content (AvgIpc) is 2.81. The van der Waals surface area contributed by atoms with Crippen LogP contribution in [0.25, 0.3) is 0 Å². The number of hydrogen-bond acceptors (Lipinski definition) is 5. The largest absolute Gasteiger partial charge is 0.326 e. The van der Waals surface area contributed by atoms with Crippen molar-refractivity contribution in [2.24, 2.45) is 16.0 Å². The van der Waals surface area contributed by atoms with Crippen LogP contribution >= 0.6 is 35.0 Å². The minimum Gasteiger partial charge on any atom is -0.326 e. The number of thioether (sulfide) groups is 1. The van der Waals surface area contributed by atoms with Crippen LogP contribution in [0.1, 0.15) is 57.7 Å². The number of hydrogen-bond donors (Lipinski definition) is 0. The van der Waals surface area contributed by atoms with Crippen LogP contribution in [-0.2, 0) is 11.2 Å². The van der Waals surface area contributed by atoms with Crippen molar-refractivity contribution in [2.75, 3.05) is 18.0 Å². The number of aryl methyl sites for hydroxylation is 1. The first-order valence-electron chi connectivity index (χ1n) is 12.1. The zero-order chi connectivity index (χ0) is 26.2. The zero-order valence-electron chi connectivity index (χ0n) is 21.1. The van der Waals surface area contributed by atoms with Crippen molar-refractivity contribution in [3.63, 3.8) is 0 Å². The molecule has 6 nitrogen and oxygen atoms in total. The van der Waals surface area contributed by atoms with Crippen LogP contribution in [0.2, 0.25) is 10.0 Å². The predicted molar refractivity (Wildman–Crippen MR) is 151 cm³/mol. The Hall–Kier alpha value is -2.35. The fourth-order valence-corrected chi connectivity index (χ4v) is 5.86. The Morgan fingerprint density at radius 1 is 1.19 bits per heavy atom. The number of rotatable bonds is 4. The number of halogens is 2.